The maximum absolute atomic E-state index is 14.0. The van der Waals surface area contributed by atoms with Crippen molar-refractivity contribution in [2.24, 2.45) is 0 Å². The van der Waals surface area contributed by atoms with E-state index in [0.29, 0.717) is 16.6 Å². The molecule has 1 aromatic rings. The Labute approximate surface area is 104 Å². The fraction of sp³-hybridized carbons (Fsp3) is 0.692. The van der Waals surface area contributed by atoms with Gasteiger partial charge in [-0.3, -0.25) is 0 Å². The summed E-state index contributed by atoms with van der Waals surface area (Å²) in [5.74, 6) is -1.42. The van der Waals surface area contributed by atoms with E-state index in [-0.39, 0.29) is 0 Å². The van der Waals surface area contributed by atoms with E-state index in [4.69, 9.17) is 0 Å². The second kappa shape index (κ2) is 4.92. The molecule has 4 heteroatoms. The maximum Gasteiger partial charge on any atom is 0.221 e. The molecule has 0 bridgehead atoms. The van der Waals surface area contributed by atoms with Gasteiger partial charge in [-0.25, -0.2) is 4.39 Å². The SMILES string of the molecule is CC(C)[Si](C(C)C)(C(C)C)n1ccc(F)c1F. The van der Waals surface area contributed by atoms with Crippen molar-refractivity contribution in [3.05, 3.63) is 24.0 Å². The smallest absolute Gasteiger partial charge is 0.221 e. The number of rotatable bonds is 4. The fourth-order valence-electron chi connectivity index (χ4n) is 3.52. The molecule has 0 fully saturated rings. The van der Waals surface area contributed by atoms with Gasteiger partial charge in [-0.15, -0.1) is 0 Å². The van der Waals surface area contributed by atoms with Crippen LogP contribution in [-0.4, -0.2) is 12.5 Å². The van der Waals surface area contributed by atoms with E-state index in [1.807, 2.05) is 0 Å². The van der Waals surface area contributed by atoms with Gasteiger partial charge >= 0.3 is 0 Å². The third kappa shape index (κ3) is 2.07. The van der Waals surface area contributed by atoms with Crippen LogP contribution >= 0.6 is 0 Å². The second-order valence-electron chi connectivity index (χ2n) is 5.68. The Morgan fingerprint density at radius 3 is 1.59 bits per heavy atom. The normalized spacial score (nSPS) is 13.1. The lowest BCUT2D eigenvalue weighted by Gasteiger charge is -2.44. The zero-order valence-corrected chi connectivity index (χ0v) is 12.6. The van der Waals surface area contributed by atoms with Crippen LogP contribution in [0.1, 0.15) is 41.5 Å². The quantitative estimate of drug-likeness (QED) is 0.685. The molecule has 0 aliphatic heterocycles. The second-order valence-corrected chi connectivity index (χ2v) is 11.4. The summed E-state index contributed by atoms with van der Waals surface area (Å²) in [6.07, 6.45) is 1.59. The molecule has 1 nitrogen and oxygen atoms in total. The summed E-state index contributed by atoms with van der Waals surface area (Å²) in [4.78, 5) is 0. The van der Waals surface area contributed by atoms with Crippen LogP contribution < -0.4 is 0 Å². The van der Waals surface area contributed by atoms with Crippen molar-refractivity contribution < 1.29 is 8.78 Å². The summed E-state index contributed by atoms with van der Waals surface area (Å²) < 4.78 is 28.9. The fourth-order valence-corrected chi connectivity index (χ4v) is 9.97. The molecule has 0 atom stereocenters. The first-order valence-corrected chi connectivity index (χ1v) is 8.46. The van der Waals surface area contributed by atoms with Crippen LogP contribution in [0.5, 0.6) is 0 Å². The van der Waals surface area contributed by atoms with Crippen molar-refractivity contribution in [3.63, 3.8) is 0 Å². The standard InChI is InChI=1S/C13H23F2NSi/c1-9(2)17(10(3)4,11(5)6)16-8-7-12(14)13(16)15/h7-11H,1-6H3. The van der Waals surface area contributed by atoms with Gasteiger partial charge in [0.05, 0.1) is 0 Å². The first-order valence-electron chi connectivity index (χ1n) is 6.29. The minimum atomic E-state index is -2.13. The lowest BCUT2D eigenvalue weighted by Crippen LogP contribution is -2.52. The highest BCUT2D eigenvalue weighted by atomic mass is 28.3. The summed E-state index contributed by atoms with van der Waals surface area (Å²) in [5.41, 5.74) is 1.09. The van der Waals surface area contributed by atoms with Gasteiger partial charge < -0.3 is 4.23 Å². The van der Waals surface area contributed by atoms with Crippen LogP contribution in [0.25, 0.3) is 0 Å². The Hall–Kier alpha value is -0.643. The molecule has 0 spiro atoms. The largest absolute Gasteiger partial charge is 0.349 e. The predicted octanol–water partition coefficient (Wildman–Crippen LogP) is 4.79. The van der Waals surface area contributed by atoms with Crippen molar-refractivity contribution in [2.45, 2.75) is 58.2 Å². The molecule has 0 saturated heterocycles. The topological polar surface area (TPSA) is 4.93 Å². The molecule has 1 aromatic heterocycles. The van der Waals surface area contributed by atoms with Gasteiger partial charge in [-0.1, -0.05) is 41.5 Å². The molecule has 0 radical (unpaired) electrons. The van der Waals surface area contributed by atoms with Gasteiger partial charge in [-0.2, -0.15) is 4.39 Å². The first kappa shape index (κ1) is 14.4. The number of nitrogens with zero attached hydrogens (tertiary/aromatic N) is 1. The van der Waals surface area contributed by atoms with Crippen molar-refractivity contribution in [1.82, 2.24) is 4.23 Å². The number of hydrogen-bond acceptors (Lipinski definition) is 0. The Balaban J connectivity index is 3.47. The Bertz CT molecular complexity index is 361. The van der Waals surface area contributed by atoms with Crippen molar-refractivity contribution >= 4 is 8.24 Å². The van der Waals surface area contributed by atoms with E-state index in [2.05, 4.69) is 41.5 Å². The van der Waals surface area contributed by atoms with Crippen molar-refractivity contribution in [3.8, 4) is 0 Å². The third-order valence-corrected chi connectivity index (χ3v) is 10.7. The molecule has 0 N–H and O–H groups in total. The Morgan fingerprint density at radius 1 is 0.941 bits per heavy atom. The van der Waals surface area contributed by atoms with Gasteiger partial charge in [0.25, 0.3) is 0 Å². The van der Waals surface area contributed by atoms with Gasteiger partial charge in [0.15, 0.2) is 14.1 Å². The highest BCUT2D eigenvalue weighted by Gasteiger charge is 2.46. The van der Waals surface area contributed by atoms with Crippen molar-refractivity contribution in [1.29, 1.82) is 0 Å². The molecule has 1 heterocycles. The average Bonchev–Trinajstić information content (AvgIpc) is 2.49. The molecule has 0 unspecified atom stereocenters. The molecule has 0 aliphatic carbocycles. The molecule has 0 amide bonds. The van der Waals surface area contributed by atoms with Gasteiger partial charge in [-0.05, 0) is 22.7 Å². The molecule has 0 aliphatic rings. The van der Waals surface area contributed by atoms with E-state index in [0.717, 1.165) is 0 Å². The van der Waals surface area contributed by atoms with Gasteiger partial charge in [0.1, 0.15) is 0 Å². The summed E-state index contributed by atoms with van der Waals surface area (Å²) in [5, 5.41) is 0. The van der Waals surface area contributed by atoms with E-state index < -0.39 is 20.0 Å². The Kier molecular flexibility index (Phi) is 4.18. The highest BCUT2D eigenvalue weighted by molar-refractivity contribution is 6.82. The van der Waals surface area contributed by atoms with E-state index >= 15 is 0 Å². The van der Waals surface area contributed by atoms with Gasteiger partial charge in [0, 0.05) is 6.20 Å². The average molecular weight is 259 g/mol. The van der Waals surface area contributed by atoms with Crippen LogP contribution in [0, 0.1) is 11.8 Å². The molecule has 17 heavy (non-hydrogen) atoms. The number of aromatic nitrogens is 1. The molecule has 0 saturated carbocycles. The van der Waals surface area contributed by atoms with Crippen LogP contribution in [0.4, 0.5) is 8.78 Å². The van der Waals surface area contributed by atoms with Crippen LogP contribution in [-0.2, 0) is 0 Å². The molecule has 0 aromatic carbocycles. The lowest BCUT2D eigenvalue weighted by atomic mass is 10.5. The maximum atomic E-state index is 14.0. The lowest BCUT2D eigenvalue weighted by molar-refractivity contribution is 0.474. The monoisotopic (exact) mass is 259 g/mol. The minimum absolute atomic E-state index is 0.365. The Morgan fingerprint density at radius 2 is 1.35 bits per heavy atom. The summed E-state index contributed by atoms with van der Waals surface area (Å²) in [6, 6.07) is 1.24. The number of hydrogen-bond donors (Lipinski definition) is 0. The molecule has 98 valence electrons. The van der Waals surface area contributed by atoms with Crippen molar-refractivity contribution in [2.75, 3.05) is 0 Å². The van der Waals surface area contributed by atoms with E-state index in [1.54, 1.807) is 10.4 Å². The molecular weight excluding hydrogens is 236 g/mol. The zero-order chi connectivity index (χ0) is 13.4. The minimum Gasteiger partial charge on any atom is -0.349 e. The van der Waals surface area contributed by atoms with E-state index in [9.17, 15) is 8.78 Å². The van der Waals surface area contributed by atoms with Crippen LogP contribution in [0.15, 0.2) is 12.3 Å². The van der Waals surface area contributed by atoms with E-state index in [1.165, 1.54) is 6.07 Å². The molecular formula is C13H23F2NSi. The zero-order valence-electron chi connectivity index (χ0n) is 11.6. The van der Waals surface area contributed by atoms with Crippen LogP contribution in [0.3, 0.4) is 0 Å². The molecule has 1 rings (SSSR count). The summed E-state index contributed by atoms with van der Waals surface area (Å²) >= 11 is 0. The summed E-state index contributed by atoms with van der Waals surface area (Å²) in [6.45, 7) is 12.8. The van der Waals surface area contributed by atoms with Crippen LogP contribution in [0.2, 0.25) is 16.6 Å². The predicted molar refractivity (Wildman–Crippen MR) is 70.8 cm³/mol. The highest BCUT2D eigenvalue weighted by Crippen LogP contribution is 2.43. The third-order valence-electron chi connectivity index (χ3n) is 3.97. The number of halogens is 2. The van der Waals surface area contributed by atoms with Gasteiger partial charge in [0.2, 0.25) is 5.95 Å². The summed E-state index contributed by atoms with van der Waals surface area (Å²) in [7, 11) is -2.13. The first-order chi connectivity index (χ1) is 7.76.